The molecule has 19 heavy (non-hydrogen) atoms. The number of hydrogen-bond acceptors (Lipinski definition) is 4. The molecule has 2 rings (SSSR count). The number of nitrogens with one attached hydrogen (secondary N) is 1. The molecule has 0 aliphatic carbocycles. The Balaban J connectivity index is 2.50. The number of aryl methyl sites for hydroxylation is 1. The topological polar surface area (TPSA) is 47.0 Å². The Hall–Kier alpha value is -2.01. The number of rotatable bonds is 4. The Bertz CT molecular complexity index is 574. The molecule has 0 fully saturated rings. The van der Waals surface area contributed by atoms with Crippen LogP contribution in [-0.4, -0.2) is 24.1 Å². The maximum Gasteiger partial charge on any atom is 0.237 e. The normalized spacial score (nSPS) is 12.2. The van der Waals surface area contributed by atoms with Crippen molar-refractivity contribution in [3.8, 4) is 5.88 Å². The van der Waals surface area contributed by atoms with E-state index in [0.717, 1.165) is 11.1 Å². The smallest absolute Gasteiger partial charge is 0.237 e. The van der Waals surface area contributed by atoms with Gasteiger partial charge in [-0.2, -0.15) is 0 Å². The van der Waals surface area contributed by atoms with E-state index in [9.17, 15) is 4.39 Å². The molecule has 0 aliphatic rings. The van der Waals surface area contributed by atoms with Crippen LogP contribution in [0.1, 0.15) is 22.9 Å². The molecule has 1 heterocycles. The van der Waals surface area contributed by atoms with Gasteiger partial charge in [0.25, 0.3) is 0 Å². The monoisotopic (exact) mass is 261 g/mol. The second-order valence-electron chi connectivity index (χ2n) is 4.17. The van der Waals surface area contributed by atoms with Crippen LogP contribution in [0.4, 0.5) is 4.39 Å². The van der Waals surface area contributed by atoms with Crippen molar-refractivity contribution in [3.63, 3.8) is 0 Å². The quantitative estimate of drug-likeness (QED) is 0.917. The second kappa shape index (κ2) is 5.75. The van der Waals surface area contributed by atoms with Crippen molar-refractivity contribution in [1.29, 1.82) is 0 Å². The zero-order valence-corrected chi connectivity index (χ0v) is 11.1. The summed E-state index contributed by atoms with van der Waals surface area (Å²) < 4.78 is 18.4. The molecule has 0 saturated carbocycles. The Morgan fingerprint density at radius 3 is 2.63 bits per heavy atom. The first-order valence-electron chi connectivity index (χ1n) is 5.95. The van der Waals surface area contributed by atoms with Gasteiger partial charge in [0.05, 0.1) is 13.2 Å². The second-order valence-corrected chi connectivity index (χ2v) is 4.17. The van der Waals surface area contributed by atoms with Crippen molar-refractivity contribution in [2.45, 2.75) is 13.0 Å². The molecule has 1 aromatic heterocycles. The minimum atomic E-state index is -0.248. The molecule has 1 unspecified atom stereocenters. The minimum absolute atomic E-state index is 0.191. The van der Waals surface area contributed by atoms with Crippen molar-refractivity contribution in [2.75, 3.05) is 14.2 Å². The van der Waals surface area contributed by atoms with Gasteiger partial charge in [0.15, 0.2) is 0 Å². The first kappa shape index (κ1) is 13.4. The highest BCUT2D eigenvalue weighted by Crippen LogP contribution is 2.28. The summed E-state index contributed by atoms with van der Waals surface area (Å²) in [6, 6.07) is 4.50. The number of halogens is 1. The van der Waals surface area contributed by atoms with Gasteiger partial charge in [0.2, 0.25) is 5.88 Å². The largest absolute Gasteiger partial charge is 0.480 e. The van der Waals surface area contributed by atoms with Gasteiger partial charge in [-0.3, -0.25) is 4.98 Å². The van der Waals surface area contributed by atoms with Crippen LogP contribution in [-0.2, 0) is 0 Å². The van der Waals surface area contributed by atoms with E-state index in [1.165, 1.54) is 12.1 Å². The van der Waals surface area contributed by atoms with Crippen molar-refractivity contribution in [2.24, 2.45) is 0 Å². The molecule has 0 bridgehead atoms. The molecule has 4 nitrogen and oxygen atoms in total. The number of ether oxygens (including phenoxy) is 1. The summed E-state index contributed by atoms with van der Waals surface area (Å²) in [5.41, 5.74) is 2.48. The first-order chi connectivity index (χ1) is 9.17. The Morgan fingerprint density at radius 2 is 2.00 bits per heavy atom. The Labute approximate surface area is 111 Å². The van der Waals surface area contributed by atoms with Crippen LogP contribution < -0.4 is 10.1 Å². The van der Waals surface area contributed by atoms with Gasteiger partial charge >= 0.3 is 0 Å². The minimum Gasteiger partial charge on any atom is -0.480 e. The van der Waals surface area contributed by atoms with E-state index in [1.807, 2.05) is 14.0 Å². The molecule has 0 saturated heterocycles. The number of hydrogen-bond donors (Lipinski definition) is 1. The maximum absolute atomic E-state index is 13.2. The number of nitrogens with zero attached hydrogens (tertiary/aromatic N) is 2. The van der Waals surface area contributed by atoms with Crippen LogP contribution in [0.2, 0.25) is 0 Å². The standard InChI is InChI=1S/C14H16FN3O/c1-9-8-10(15)4-5-11(9)12(16-2)13-14(19-3)18-7-6-17-13/h4-8,12,16H,1-3H3. The molecule has 100 valence electrons. The highest BCUT2D eigenvalue weighted by atomic mass is 19.1. The summed E-state index contributed by atoms with van der Waals surface area (Å²) in [6.07, 6.45) is 3.19. The number of methoxy groups -OCH3 is 1. The molecular formula is C14H16FN3O. The van der Waals surface area contributed by atoms with Crippen LogP contribution >= 0.6 is 0 Å². The van der Waals surface area contributed by atoms with Crippen molar-refractivity contribution in [3.05, 3.63) is 53.2 Å². The van der Waals surface area contributed by atoms with E-state index in [-0.39, 0.29) is 11.9 Å². The average Bonchev–Trinajstić information content (AvgIpc) is 2.42. The van der Waals surface area contributed by atoms with Crippen molar-refractivity contribution in [1.82, 2.24) is 15.3 Å². The molecule has 0 radical (unpaired) electrons. The Kier molecular flexibility index (Phi) is 4.06. The van der Waals surface area contributed by atoms with Gasteiger partial charge in [-0.15, -0.1) is 0 Å². The van der Waals surface area contributed by atoms with Crippen molar-refractivity contribution < 1.29 is 9.13 Å². The van der Waals surface area contributed by atoms with Gasteiger partial charge in [0, 0.05) is 12.4 Å². The van der Waals surface area contributed by atoms with Crippen LogP contribution in [0.5, 0.6) is 5.88 Å². The summed E-state index contributed by atoms with van der Waals surface area (Å²) in [5, 5.41) is 3.16. The summed E-state index contributed by atoms with van der Waals surface area (Å²) in [6.45, 7) is 1.87. The van der Waals surface area contributed by atoms with Crippen LogP contribution in [0.3, 0.4) is 0 Å². The maximum atomic E-state index is 13.2. The third-order valence-corrected chi connectivity index (χ3v) is 2.99. The van der Waals surface area contributed by atoms with Crippen molar-refractivity contribution >= 4 is 0 Å². The van der Waals surface area contributed by atoms with Gasteiger partial charge in [-0.05, 0) is 37.2 Å². The highest BCUT2D eigenvalue weighted by molar-refractivity contribution is 5.37. The van der Waals surface area contributed by atoms with E-state index in [1.54, 1.807) is 25.6 Å². The van der Waals surface area contributed by atoms with E-state index >= 15 is 0 Å². The van der Waals surface area contributed by atoms with Gasteiger partial charge in [-0.1, -0.05) is 6.07 Å². The zero-order valence-electron chi connectivity index (χ0n) is 11.1. The predicted molar refractivity (Wildman–Crippen MR) is 70.6 cm³/mol. The predicted octanol–water partition coefficient (Wildman–Crippen LogP) is 2.24. The Morgan fingerprint density at radius 1 is 1.26 bits per heavy atom. The molecule has 5 heteroatoms. The molecule has 0 spiro atoms. The van der Waals surface area contributed by atoms with E-state index in [2.05, 4.69) is 15.3 Å². The van der Waals surface area contributed by atoms with Gasteiger partial charge in [-0.25, -0.2) is 9.37 Å². The molecule has 1 aromatic carbocycles. The van der Waals surface area contributed by atoms with Gasteiger partial charge < -0.3 is 10.1 Å². The summed E-state index contributed by atoms with van der Waals surface area (Å²) >= 11 is 0. The van der Waals surface area contributed by atoms with Crippen LogP contribution in [0.15, 0.2) is 30.6 Å². The molecule has 1 N–H and O–H groups in total. The third-order valence-electron chi connectivity index (χ3n) is 2.99. The molecule has 0 amide bonds. The van der Waals surface area contributed by atoms with E-state index in [4.69, 9.17) is 4.74 Å². The molecule has 1 atom stereocenters. The van der Waals surface area contributed by atoms with Crippen LogP contribution in [0.25, 0.3) is 0 Å². The third kappa shape index (κ3) is 2.71. The fraction of sp³-hybridized carbons (Fsp3) is 0.286. The molecule has 0 aliphatic heterocycles. The zero-order chi connectivity index (χ0) is 13.8. The molecule has 2 aromatic rings. The summed E-state index contributed by atoms with van der Waals surface area (Å²) in [4.78, 5) is 8.46. The fourth-order valence-electron chi connectivity index (χ4n) is 2.09. The average molecular weight is 261 g/mol. The summed E-state index contributed by atoms with van der Waals surface area (Å²) in [5.74, 6) is 0.216. The lowest BCUT2D eigenvalue weighted by molar-refractivity contribution is 0.384. The number of benzene rings is 1. The van der Waals surface area contributed by atoms with E-state index in [0.29, 0.717) is 11.6 Å². The molecular weight excluding hydrogens is 245 g/mol. The highest BCUT2D eigenvalue weighted by Gasteiger charge is 2.20. The summed E-state index contributed by atoms with van der Waals surface area (Å²) in [7, 11) is 3.37. The lowest BCUT2D eigenvalue weighted by Gasteiger charge is -2.19. The lowest BCUT2D eigenvalue weighted by atomic mass is 9.98. The SMILES string of the molecule is CNC(c1ccc(F)cc1C)c1nccnc1OC. The first-order valence-corrected chi connectivity index (χ1v) is 5.95. The number of aromatic nitrogens is 2. The van der Waals surface area contributed by atoms with E-state index < -0.39 is 0 Å². The van der Waals surface area contributed by atoms with Crippen LogP contribution in [0, 0.1) is 12.7 Å². The lowest BCUT2D eigenvalue weighted by Crippen LogP contribution is -2.21. The van der Waals surface area contributed by atoms with Gasteiger partial charge in [0.1, 0.15) is 11.5 Å². The fourth-order valence-corrected chi connectivity index (χ4v) is 2.09.